The van der Waals surface area contributed by atoms with E-state index >= 15 is 0 Å². The first-order valence-electron chi connectivity index (χ1n) is 10.8. The molecule has 0 N–H and O–H groups in total. The Balaban J connectivity index is 1.86. The predicted molar refractivity (Wildman–Crippen MR) is 123 cm³/mol. The largest absolute Gasteiger partial charge is 0.493 e. The molecule has 3 aromatic rings. The molecular formula is C25H28N2O5. The molecule has 2 heterocycles. The number of benzene rings is 2. The van der Waals surface area contributed by atoms with Crippen LogP contribution in [-0.4, -0.2) is 56.6 Å². The van der Waals surface area contributed by atoms with Gasteiger partial charge in [0.1, 0.15) is 5.58 Å². The summed E-state index contributed by atoms with van der Waals surface area (Å²) in [5.41, 5.74) is 1.40. The van der Waals surface area contributed by atoms with Gasteiger partial charge in [-0.15, -0.1) is 0 Å². The lowest BCUT2D eigenvalue weighted by Crippen LogP contribution is -2.32. The van der Waals surface area contributed by atoms with Crippen molar-refractivity contribution in [3.8, 4) is 11.5 Å². The summed E-state index contributed by atoms with van der Waals surface area (Å²) in [7, 11) is 5.56. The molecule has 1 aliphatic rings. The lowest BCUT2D eigenvalue weighted by atomic mass is 9.98. The van der Waals surface area contributed by atoms with Gasteiger partial charge < -0.3 is 23.7 Å². The highest BCUT2D eigenvalue weighted by Gasteiger charge is 2.42. The van der Waals surface area contributed by atoms with E-state index < -0.39 is 6.04 Å². The number of carbonyl (C=O) groups is 1. The number of hydrogen-bond acceptors (Lipinski definition) is 6. The van der Waals surface area contributed by atoms with E-state index in [1.165, 1.54) is 0 Å². The number of nitrogens with zero attached hydrogens (tertiary/aromatic N) is 2. The van der Waals surface area contributed by atoms with Crippen LogP contribution in [0.3, 0.4) is 0 Å². The Labute approximate surface area is 187 Å². The molecule has 0 radical (unpaired) electrons. The van der Waals surface area contributed by atoms with Crippen LogP contribution in [0.4, 0.5) is 0 Å². The maximum Gasteiger partial charge on any atom is 0.290 e. The average Bonchev–Trinajstić information content (AvgIpc) is 3.06. The van der Waals surface area contributed by atoms with Gasteiger partial charge in [0.25, 0.3) is 5.91 Å². The molecule has 32 heavy (non-hydrogen) atoms. The van der Waals surface area contributed by atoms with Gasteiger partial charge in [0.05, 0.1) is 30.7 Å². The van der Waals surface area contributed by atoms with Crippen LogP contribution in [0.1, 0.15) is 41.1 Å². The molecule has 1 aliphatic heterocycles. The Morgan fingerprint density at radius 2 is 1.88 bits per heavy atom. The molecule has 1 amide bonds. The quantitative estimate of drug-likeness (QED) is 0.536. The first kappa shape index (κ1) is 21.9. The van der Waals surface area contributed by atoms with E-state index in [9.17, 15) is 9.59 Å². The zero-order valence-corrected chi connectivity index (χ0v) is 18.9. The maximum absolute atomic E-state index is 13.5. The van der Waals surface area contributed by atoms with E-state index in [1.54, 1.807) is 36.3 Å². The third kappa shape index (κ3) is 3.84. The second-order valence-corrected chi connectivity index (χ2v) is 8.07. The van der Waals surface area contributed by atoms with Gasteiger partial charge in [-0.2, -0.15) is 0 Å². The van der Waals surface area contributed by atoms with Crippen LogP contribution < -0.4 is 14.9 Å². The standard InChI is InChI=1S/C25H28N2O5/c1-5-31-19-12-11-16(15-20(19)30-4)22-21-23(28)17-9-6-7-10-18(17)32-24(21)25(29)27(22)14-8-13-26(2)3/h6-7,9-12,15,22H,5,8,13-14H2,1-4H3/t22-/m0/s1. The Morgan fingerprint density at radius 3 is 2.59 bits per heavy atom. The van der Waals surface area contributed by atoms with Crippen molar-refractivity contribution in [3.05, 3.63) is 69.6 Å². The van der Waals surface area contributed by atoms with Gasteiger partial charge >= 0.3 is 0 Å². The predicted octanol–water partition coefficient (Wildman–Crippen LogP) is 3.70. The Morgan fingerprint density at radius 1 is 1.09 bits per heavy atom. The van der Waals surface area contributed by atoms with Crippen LogP contribution in [0.25, 0.3) is 11.0 Å². The molecule has 0 saturated carbocycles. The highest BCUT2D eigenvalue weighted by molar-refractivity contribution is 5.99. The summed E-state index contributed by atoms with van der Waals surface area (Å²) in [6, 6.07) is 12.0. The van der Waals surface area contributed by atoms with Crippen molar-refractivity contribution in [1.29, 1.82) is 0 Å². The van der Waals surface area contributed by atoms with Crippen LogP contribution >= 0.6 is 0 Å². The van der Waals surface area contributed by atoms with Crippen molar-refractivity contribution in [1.82, 2.24) is 9.80 Å². The van der Waals surface area contributed by atoms with Crippen LogP contribution in [0.15, 0.2) is 51.7 Å². The summed E-state index contributed by atoms with van der Waals surface area (Å²) in [4.78, 5) is 30.7. The molecule has 7 heteroatoms. The summed E-state index contributed by atoms with van der Waals surface area (Å²) in [5.74, 6) is 1.03. The smallest absolute Gasteiger partial charge is 0.290 e. The van der Waals surface area contributed by atoms with Crippen molar-refractivity contribution in [2.75, 3.05) is 40.9 Å². The molecular weight excluding hydrogens is 408 g/mol. The van der Waals surface area contributed by atoms with Gasteiger partial charge in [-0.05, 0) is 63.8 Å². The lowest BCUT2D eigenvalue weighted by molar-refractivity contribution is 0.0722. The third-order valence-electron chi connectivity index (χ3n) is 5.68. The Bertz CT molecular complexity index is 1200. The zero-order valence-electron chi connectivity index (χ0n) is 18.9. The fraction of sp³-hybridized carbons (Fsp3) is 0.360. The van der Waals surface area contributed by atoms with Crippen molar-refractivity contribution in [3.63, 3.8) is 0 Å². The van der Waals surface area contributed by atoms with Crippen LogP contribution in [0, 0.1) is 0 Å². The molecule has 1 atom stereocenters. The number of para-hydroxylation sites is 1. The van der Waals surface area contributed by atoms with Crippen LogP contribution in [0.5, 0.6) is 11.5 Å². The van der Waals surface area contributed by atoms with E-state index in [2.05, 4.69) is 4.90 Å². The van der Waals surface area contributed by atoms with Gasteiger partial charge in [-0.25, -0.2) is 0 Å². The molecule has 0 saturated heterocycles. The van der Waals surface area contributed by atoms with E-state index in [0.717, 1.165) is 18.5 Å². The molecule has 0 unspecified atom stereocenters. The SMILES string of the molecule is CCOc1ccc([C@H]2c3c(oc4ccccc4c3=O)C(=O)N2CCCN(C)C)cc1OC. The average molecular weight is 437 g/mol. The molecule has 0 bridgehead atoms. The molecule has 168 valence electrons. The maximum atomic E-state index is 13.5. The second-order valence-electron chi connectivity index (χ2n) is 8.07. The fourth-order valence-electron chi connectivity index (χ4n) is 4.23. The molecule has 2 aromatic carbocycles. The van der Waals surface area contributed by atoms with Gasteiger partial charge in [0.2, 0.25) is 5.76 Å². The minimum atomic E-state index is -0.551. The highest BCUT2D eigenvalue weighted by Crippen LogP contribution is 2.41. The monoisotopic (exact) mass is 436 g/mol. The minimum absolute atomic E-state index is 0.122. The van der Waals surface area contributed by atoms with Gasteiger partial charge in [0, 0.05) is 6.54 Å². The third-order valence-corrected chi connectivity index (χ3v) is 5.68. The zero-order chi connectivity index (χ0) is 22.8. The Kier molecular flexibility index (Phi) is 6.19. The van der Waals surface area contributed by atoms with Crippen LogP contribution in [0.2, 0.25) is 0 Å². The first-order valence-corrected chi connectivity index (χ1v) is 10.8. The highest BCUT2D eigenvalue weighted by atomic mass is 16.5. The summed E-state index contributed by atoms with van der Waals surface area (Å²) in [6.07, 6.45) is 0.769. The second kappa shape index (κ2) is 9.04. The summed E-state index contributed by atoms with van der Waals surface area (Å²) < 4.78 is 17.1. The van der Waals surface area contributed by atoms with E-state index in [0.29, 0.717) is 41.2 Å². The normalized spacial score (nSPS) is 15.5. The first-order chi connectivity index (χ1) is 15.5. The molecule has 1 aromatic heterocycles. The molecule has 7 nitrogen and oxygen atoms in total. The van der Waals surface area contributed by atoms with Gasteiger partial charge in [-0.1, -0.05) is 18.2 Å². The van der Waals surface area contributed by atoms with E-state index in [-0.39, 0.29) is 17.1 Å². The van der Waals surface area contributed by atoms with E-state index in [4.69, 9.17) is 13.9 Å². The molecule has 4 rings (SSSR count). The van der Waals surface area contributed by atoms with Gasteiger partial charge in [-0.3, -0.25) is 9.59 Å². The number of hydrogen-bond donors (Lipinski definition) is 0. The summed E-state index contributed by atoms with van der Waals surface area (Å²) in [5, 5.41) is 0.470. The van der Waals surface area contributed by atoms with Crippen molar-refractivity contribution in [2.24, 2.45) is 0 Å². The summed E-state index contributed by atoms with van der Waals surface area (Å²) >= 11 is 0. The Hall–Kier alpha value is -3.32. The summed E-state index contributed by atoms with van der Waals surface area (Å²) in [6.45, 7) is 3.73. The molecule has 0 spiro atoms. The van der Waals surface area contributed by atoms with Gasteiger partial charge in [0.15, 0.2) is 16.9 Å². The number of rotatable bonds is 8. The number of ether oxygens (including phenoxy) is 2. The number of carbonyl (C=O) groups excluding carboxylic acids is 1. The lowest BCUT2D eigenvalue weighted by Gasteiger charge is -2.26. The topological polar surface area (TPSA) is 72.2 Å². The number of amides is 1. The van der Waals surface area contributed by atoms with E-state index in [1.807, 2.05) is 39.2 Å². The van der Waals surface area contributed by atoms with Crippen molar-refractivity contribution in [2.45, 2.75) is 19.4 Å². The fourth-order valence-corrected chi connectivity index (χ4v) is 4.23. The van der Waals surface area contributed by atoms with Crippen LogP contribution in [-0.2, 0) is 0 Å². The molecule has 0 aliphatic carbocycles. The van der Waals surface area contributed by atoms with Crippen molar-refractivity contribution >= 4 is 16.9 Å². The number of methoxy groups -OCH3 is 1. The molecule has 0 fully saturated rings. The minimum Gasteiger partial charge on any atom is -0.493 e. The number of fused-ring (bicyclic) bond motifs is 2. The van der Waals surface area contributed by atoms with Crippen molar-refractivity contribution < 1.29 is 18.7 Å².